The maximum atomic E-state index is 12.3. The summed E-state index contributed by atoms with van der Waals surface area (Å²) < 4.78 is 11.4. The highest BCUT2D eigenvalue weighted by Crippen LogP contribution is 2.14. The van der Waals surface area contributed by atoms with Gasteiger partial charge in [-0.15, -0.1) is 0 Å². The molecule has 0 atom stereocenters. The lowest BCUT2D eigenvalue weighted by Gasteiger charge is -2.10. The molecule has 2 N–H and O–H groups in total. The van der Waals surface area contributed by atoms with E-state index < -0.39 is 0 Å². The molecule has 0 unspecified atom stereocenters. The Balaban J connectivity index is 1.72. The lowest BCUT2D eigenvalue weighted by Crippen LogP contribution is -2.41. The quantitative estimate of drug-likeness (QED) is 0.293. The number of carbonyl (C=O) groups excluding carboxylic acids is 2. The lowest BCUT2D eigenvalue weighted by molar-refractivity contribution is 0.0846. The van der Waals surface area contributed by atoms with Crippen molar-refractivity contribution < 1.29 is 19.1 Å². The predicted molar refractivity (Wildman–Crippen MR) is 127 cm³/mol. The third kappa shape index (κ3) is 9.41. The molecule has 0 bridgehead atoms. The van der Waals surface area contributed by atoms with Gasteiger partial charge in [0.2, 0.25) is 0 Å². The average molecular weight is 441 g/mol. The molecule has 2 aromatic carbocycles. The van der Waals surface area contributed by atoms with E-state index in [0.29, 0.717) is 24.3 Å². The van der Waals surface area contributed by atoms with Gasteiger partial charge < -0.3 is 9.47 Å². The van der Waals surface area contributed by atoms with E-state index in [1.807, 2.05) is 0 Å². The summed E-state index contributed by atoms with van der Waals surface area (Å²) in [5.41, 5.74) is 5.76. The van der Waals surface area contributed by atoms with Gasteiger partial charge in [0.15, 0.2) is 0 Å². The monoisotopic (exact) mass is 440 g/mol. The zero-order valence-corrected chi connectivity index (χ0v) is 19.3. The van der Waals surface area contributed by atoms with E-state index in [9.17, 15) is 9.59 Å². The summed E-state index contributed by atoms with van der Waals surface area (Å²) >= 11 is 0. The lowest BCUT2D eigenvalue weighted by atomic mass is 10.2. The largest absolute Gasteiger partial charge is 0.494 e. The number of ether oxygens (including phenoxy) is 2. The van der Waals surface area contributed by atoms with Crippen LogP contribution in [0.5, 0.6) is 11.5 Å². The topological polar surface area (TPSA) is 76.7 Å². The SMILES string of the molecule is CCCCCCOc1ccc(C(=O)NNC(=O)c2ccc(OCCCCCC)cc2)cc1. The Morgan fingerprint density at radius 1 is 0.594 bits per heavy atom. The van der Waals surface area contributed by atoms with Gasteiger partial charge in [-0.05, 0) is 61.4 Å². The van der Waals surface area contributed by atoms with Gasteiger partial charge in [0.05, 0.1) is 13.2 Å². The summed E-state index contributed by atoms with van der Waals surface area (Å²) in [6.45, 7) is 5.69. The van der Waals surface area contributed by atoms with E-state index in [4.69, 9.17) is 9.47 Å². The number of hydrogen-bond donors (Lipinski definition) is 2. The highest BCUT2D eigenvalue weighted by atomic mass is 16.5. The van der Waals surface area contributed by atoms with Crippen LogP contribution in [0, 0.1) is 0 Å². The van der Waals surface area contributed by atoms with Crippen molar-refractivity contribution in [2.75, 3.05) is 13.2 Å². The van der Waals surface area contributed by atoms with Crippen molar-refractivity contribution in [3.63, 3.8) is 0 Å². The number of rotatable bonds is 14. The number of benzene rings is 2. The van der Waals surface area contributed by atoms with Crippen molar-refractivity contribution in [2.24, 2.45) is 0 Å². The van der Waals surface area contributed by atoms with E-state index in [1.54, 1.807) is 48.5 Å². The highest BCUT2D eigenvalue weighted by Gasteiger charge is 2.10. The van der Waals surface area contributed by atoms with Crippen LogP contribution in [-0.2, 0) is 0 Å². The van der Waals surface area contributed by atoms with Crippen LogP contribution < -0.4 is 20.3 Å². The zero-order chi connectivity index (χ0) is 23.0. The number of hydrogen-bond acceptors (Lipinski definition) is 4. The predicted octanol–water partition coefficient (Wildman–Crippen LogP) is 5.68. The summed E-state index contributed by atoms with van der Waals surface area (Å²) in [4.78, 5) is 24.6. The fourth-order valence-electron chi connectivity index (χ4n) is 3.10. The number of carbonyl (C=O) groups is 2. The average Bonchev–Trinajstić information content (AvgIpc) is 2.83. The van der Waals surface area contributed by atoms with E-state index >= 15 is 0 Å². The summed E-state index contributed by atoms with van der Waals surface area (Å²) in [5.74, 6) is 0.685. The van der Waals surface area contributed by atoms with Crippen molar-refractivity contribution in [2.45, 2.75) is 65.2 Å². The molecule has 2 rings (SSSR count). The van der Waals surface area contributed by atoms with Crippen LogP contribution >= 0.6 is 0 Å². The minimum absolute atomic E-state index is 0.389. The van der Waals surface area contributed by atoms with Gasteiger partial charge in [-0.3, -0.25) is 20.4 Å². The van der Waals surface area contributed by atoms with Crippen molar-refractivity contribution in [1.29, 1.82) is 0 Å². The normalized spacial score (nSPS) is 10.4. The molecule has 0 radical (unpaired) electrons. The van der Waals surface area contributed by atoms with Gasteiger partial charge in [0.1, 0.15) is 11.5 Å². The number of amides is 2. The molecule has 0 fully saturated rings. The summed E-state index contributed by atoms with van der Waals surface area (Å²) in [6.07, 6.45) is 9.17. The summed E-state index contributed by atoms with van der Waals surface area (Å²) in [6, 6.07) is 13.8. The van der Waals surface area contributed by atoms with Crippen molar-refractivity contribution in [3.05, 3.63) is 59.7 Å². The molecule has 0 aromatic heterocycles. The Labute approximate surface area is 191 Å². The van der Waals surface area contributed by atoms with Crippen molar-refractivity contribution >= 4 is 11.8 Å². The first-order chi connectivity index (χ1) is 15.6. The molecule has 0 aliphatic rings. The molecule has 2 amide bonds. The minimum Gasteiger partial charge on any atom is -0.494 e. The number of nitrogens with one attached hydrogen (secondary N) is 2. The molecule has 2 aromatic rings. The Morgan fingerprint density at radius 2 is 0.969 bits per heavy atom. The first kappa shape index (κ1) is 25.2. The highest BCUT2D eigenvalue weighted by molar-refractivity contribution is 5.99. The molecule has 0 saturated carbocycles. The molecule has 0 aliphatic heterocycles. The van der Waals surface area contributed by atoms with Crippen LogP contribution in [0.2, 0.25) is 0 Å². The Bertz CT molecular complexity index is 734. The van der Waals surface area contributed by atoms with E-state index in [2.05, 4.69) is 24.7 Å². The van der Waals surface area contributed by atoms with E-state index in [1.165, 1.54) is 25.7 Å². The molecule has 32 heavy (non-hydrogen) atoms. The van der Waals surface area contributed by atoms with Gasteiger partial charge in [0.25, 0.3) is 11.8 Å². The smallest absolute Gasteiger partial charge is 0.269 e. The molecular formula is C26H36N2O4. The third-order valence-electron chi connectivity index (χ3n) is 5.06. The molecule has 0 heterocycles. The van der Waals surface area contributed by atoms with Crippen molar-refractivity contribution in [1.82, 2.24) is 10.9 Å². The van der Waals surface area contributed by atoms with Crippen LogP contribution in [0.25, 0.3) is 0 Å². The second-order valence-electron chi connectivity index (χ2n) is 7.78. The van der Waals surface area contributed by atoms with Crippen molar-refractivity contribution in [3.8, 4) is 11.5 Å². The fraction of sp³-hybridized carbons (Fsp3) is 0.462. The first-order valence-corrected chi connectivity index (χ1v) is 11.7. The van der Waals surface area contributed by atoms with Crippen LogP contribution in [0.1, 0.15) is 85.9 Å². The molecular weight excluding hydrogens is 404 g/mol. The van der Waals surface area contributed by atoms with Crippen LogP contribution in [0.3, 0.4) is 0 Å². The van der Waals surface area contributed by atoms with Crippen LogP contribution in [0.4, 0.5) is 0 Å². The van der Waals surface area contributed by atoms with Crippen LogP contribution in [-0.4, -0.2) is 25.0 Å². The fourth-order valence-corrected chi connectivity index (χ4v) is 3.10. The molecule has 0 aliphatic carbocycles. The molecule has 174 valence electrons. The van der Waals surface area contributed by atoms with Gasteiger partial charge in [0, 0.05) is 11.1 Å². The van der Waals surface area contributed by atoms with Crippen LogP contribution in [0.15, 0.2) is 48.5 Å². The standard InChI is InChI=1S/C26H36N2O4/c1-3-5-7-9-19-31-23-15-11-21(12-16-23)25(29)27-28-26(30)22-13-17-24(18-14-22)32-20-10-8-6-4-2/h11-18H,3-10,19-20H2,1-2H3,(H,27,29)(H,28,30). The number of hydrazine groups is 1. The summed E-state index contributed by atoms with van der Waals surface area (Å²) in [5, 5.41) is 0. The molecule has 6 nitrogen and oxygen atoms in total. The molecule has 0 spiro atoms. The van der Waals surface area contributed by atoms with Gasteiger partial charge in [-0.1, -0.05) is 52.4 Å². The zero-order valence-electron chi connectivity index (χ0n) is 19.3. The second-order valence-corrected chi connectivity index (χ2v) is 7.78. The van der Waals surface area contributed by atoms with Gasteiger partial charge >= 0.3 is 0 Å². The van der Waals surface area contributed by atoms with E-state index in [-0.39, 0.29) is 11.8 Å². The Morgan fingerprint density at radius 3 is 1.31 bits per heavy atom. The Hall–Kier alpha value is -3.02. The maximum Gasteiger partial charge on any atom is 0.269 e. The second kappa shape index (κ2) is 14.9. The van der Waals surface area contributed by atoms with Gasteiger partial charge in [-0.2, -0.15) is 0 Å². The Kier molecular flexibility index (Phi) is 11.7. The third-order valence-corrected chi connectivity index (χ3v) is 5.06. The number of unbranched alkanes of at least 4 members (excludes halogenated alkanes) is 6. The van der Waals surface area contributed by atoms with Gasteiger partial charge in [-0.25, -0.2) is 0 Å². The maximum absolute atomic E-state index is 12.3. The minimum atomic E-state index is -0.389. The molecule has 0 saturated heterocycles. The summed E-state index contributed by atoms with van der Waals surface area (Å²) in [7, 11) is 0. The first-order valence-electron chi connectivity index (χ1n) is 11.7. The van der Waals surface area contributed by atoms with E-state index in [0.717, 1.165) is 37.2 Å². The molecule has 6 heteroatoms.